The fourth-order valence-corrected chi connectivity index (χ4v) is 5.95. The summed E-state index contributed by atoms with van der Waals surface area (Å²) in [5.74, 6) is -1.19. The number of nitrogens with zero attached hydrogens (tertiary/aromatic N) is 2. The number of carbonyl (C=O) groups excluding carboxylic acids is 2. The van der Waals surface area contributed by atoms with Crippen LogP contribution in [0.1, 0.15) is 34.0 Å². The van der Waals surface area contributed by atoms with E-state index >= 15 is 0 Å². The first-order valence-corrected chi connectivity index (χ1v) is 11.9. The lowest BCUT2D eigenvalue weighted by molar-refractivity contribution is -0.143. The third-order valence-corrected chi connectivity index (χ3v) is 7.89. The van der Waals surface area contributed by atoms with E-state index in [1.165, 1.54) is 4.90 Å². The molecule has 0 bridgehead atoms. The van der Waals surface area contributed by atoms with Crippen LogP contribution in [0.3, 0.4) is 0 Å². The standard InChI is InChI=1S/C25H21N3O5S/c29-21(28-10-14-9-25(14,13-28)22(30)31)20-12-34-23(26-20)27-24(32)33-11-19-17-7-3-1-5-15(17)16-6-2-4-8-18(16)19/h1-8,12,14,19H,9-11,13H2,(H,30,31)(H,26,27,32). The third-order valence-electron chi connectivity index (χ3n) is 7.13. The molecule has 2 fully saturated rings. The SMILES string of the molecule is O=C(Nc1nc(C(=O)N2CC3CC3(C(=O)O)C2)cs1)OCC1c2ccccc2-c2ccccc21. The molecule has 8 nitrogen and oxygen atoms in total. The smallest absolute Gasteiger partial charge is 0.413 e. The normalized spacial score (nSPS) is 22.0. The summed E-state index contributed by atoms with van der Waals surface area (Å²) in [7, 11) is 0. The van der Waals surface area contributed by atoms with E-state index < -0.39 is 17.5 Å². The van der Waals surface area contributed by atoms with E-state index in [0.29, 0.717) is 13.0 Å². The number of hydrogen-bond acceptors (Lipinski definition) is 6. The number of carboxylic acid groups (broad SMARTS) is 1. The number of anilines is 1. The number of carboxylic acids is 1. The van der Waals surface area contributed by atoms with E-state index in [-0.39, 0.29) is 41.7 Å². The number of piperidine rings is 1. The number of fused-ring (bicyclic) bond motifs is 4. The summed E-state index contributed by atoms with van der Waals surface area (Å²) >= 11 is 1.13. The number of thiazole rings is 1. The Balaban J connectivity index is 1.08. The summed E-state index contributed by atoms with van der Waals surface area (Å²) < 4.78 is 5.53. The van der Waals surface area contributed by atoms with Crippen LogP contribution in [-0.2, 0) is 9.53 Å². The van der Waals surface area contributed by atoms with Gasteiger partial charge >= 0.3 is 12.1 Å². The van der Waals surface area contributed by atoms with Gasteiger partial charge in [0.1, 0.15) is 12.3 Å². The first-order chi connectivity index (χ1) is 16.5. The number of hydrogen-bond donors (Lipinski definition) is 2. The van der Waals surface area contributed by atoms with Crippen molar-refractivity contribution in [1.82, 2.24) is 9.88 Å². The van der Waals surface area contributed by atoms with Crippen LogP contribution in [0.15, 0.2) is 53.9 Å². The number of aliphatic carboxylic acids is 1. The highest BCUT2D eigenvalue weighted by molar-refractivity contribution is 7.14. The van der Waals surface area contributed by atoms with Crippen molar-refractivity contribution >= 4 is 34.4 Å². The maximum Gasteiger partial charge on any atom is 0.413 e. The van der Waals surface area contributed by atoms with Crippen molar-refractivity contribution in [3.63, 3.8) is 0 Å². The van der Waals surface area contributed by atoms with Gasteiger partial charge in [0.2, 0.25) is 0 Å². The van der Waals surface area contributed by atoms with Crippen molar-refractivity contribution in [1.29, 1.82) is 0 Å². The molecule has 2 aliphatic carbocycles. The predicted octanol–water partition coefficient (Wildman–Crippen LogP) is 4.05. The highest BCUT2D eigenvalue weighted by Gasteiger charge is 2.66. The Morgan fingerprint density at radius 1 is 1.12 bits per heavy atom. The zero-order valence-corrected chi connectivity index (χ0v) is 18.9. The number of amides is 2. The van der Waals surface area contributed by atoms with Gasteiger partial charge in [0.25, 0.3) is 5.91 Å². The summed E-state index contributed by atoms with van der Waals surface area (Å²) in [4.78, 5) is 42.4. The number of nitrogens with one attached hydrogen (secondary N) is 1. The number of aromatic nitrogens is 1. The molecule has 1 aliphatic heterocycles. The number of ether oxygens (including phenoxy) is 1. The molecule has 9 heteroatoms. The minimum Gasteiger partial charge on any atom is -0.481 e. The molecule has 1 saturated heterocycles. The van der Waals surface area contributed by atoms with E-state index in [2.05, 4.69) is 34.6 Å². The highest BCUT2D eigenvalue weighted by atomic mass is 32.1. The second kappa shape index (κ2) is 7.66. The lowest BCUT2D eigenvalue weighted by Gasteiger charge is -2.18. The molecule has 1 saturated carbocycles. The Morgan fingerprint density at radius 2 is 1.79 bits per heavy atom. The molecule has 2 N–H and O–H groups in total. The summed E-state index contributed by atoms with van der Waals surface area (Å²) in [5.41, 5.74) is 3.97. The van der Waals surface area contributed by atoms with E-state index in [0.717, 1.165) is 33.6 Å². The van der Waals surface area contributed by atoms with Crippen molar-refractivity contribution in [2.45, 2.75) is 12.3 Å². The maximum absolute atomic E-state index is 12.7. The number of carbonyl (C=O) groups is 3. The van der Waals surface area contributed by atoms with Gasteiger partial charge in [-0.3, -0.25) is 14.9 Å². The maximum atomic E-state index is 12.7. The van der Waals surface area contributed by atoms with Crippen molar-refractivity contribution in [2.24, 2.45) is 11.3 Å². The Hall–Kier alpha value is -3.72. The van der Waals surface area contributed by atoms with Gasteiger partial charge in [-0.1, -0.05) is 48.5 Å². The molecule has 2 atom stereocenters. The number of rotatable bonds is 5. The molecule has 2 amide bonds. The monoisotopic (exact) mass is 475 g/mol. The average Bonchev–Trinajstić information content (AvgIpc) is 3.16. The summed E-state index contributed by atoms with van der Waals surface area (Å²) in [5, 5.41) is 13.8. The Morgan fingerprint density at radius 3 is 2.44 bits per heavy atom. The van der Waals surface area contributed by atoms with Crippen LogP contribution in [0.2, 0.25) is 0 Å². The zero-order chi connectivity index (χ0) is 23.4. The quantitative estimate of drug-likeness (QED) is 0.576. The van der Waals surface area contributed by atoms with Crippen LogP contribution in [0.5, 0.6) is 0 Å². The number of likely N-dealkylation sites (tertiary alicyclic amines) is 1. The molecule has 6 rings (SSSR count). The molecule has 2 heterocycles. The zero-order valence-electron chi connectivity index (χ0n) is 18.1. The first kappa shape index (κ1) is 20.9. The van der Waals surface area contributed by atoms with Gasteiger partial charge in [0.15, 0.2) is 5.13 Å². The second-order valence-corrected chi connectivity index (χ2v) is 9.89. The molecule has 34 heavy (non-hydrogen) atoms. The minimum absolute atomic E-state index is 0.0195. The molecular formula is C25H21N3O5S. The highest BCUT2D eigenvalue weighted by Crippen LogP contribution is 2.58. The first-order valence-electron chi connectivity index (χ1n) is 11.1. The topological polar surface area (TPSA) is 109 Å². The van der Waals surface area contributed by atoms with E-state index in [1.54, 1.807) is 5.38 Å². The van der Waals surface area contributed by atoms with E-state index in [1.807, 2.05) is 24.3 Å². The van der Waals surface area contributed by atoms with Gasteiger partial charge in [-0.15, -0.1) is 11.3 Å². The largest absolute Gasteiger partial charge is 0.481 e. The van der Waals surface area contributed by atoms with Crippen molar-refractivity contribution in [3.05, 3.63) is 70.7 Å². The van der Waals surface area contributed by atoms with Gasteiger partial charge < -0.3 is 14.7 Å². The fraction of sp³-hybridized carbons (Fsp3) is 0.280. The molecular weight excluding hydrogens is 454 g/mol. The predicted molar refractivity (Wildman–Crippen MR) is 125 cm³/mol. The van der Waals surface area contributed by atoms with Gasteiger partial charge in [-0.2, -0.15) is 0 Å². The molecule has 172 valence electrons. The van der Waals surface area contributed by atoms with Crippen molar-refractivity contribution in [3.8, 4) is 11.1 Å². The van der Waals surface area contributed by atoms with Crippen LogP contribution < -0.4 is 5.32 Å². The molecule has 0 spiro atoms. The van der Waals surface area contributed by atoms with Gasteiger partial charge in [0, 0.05) is 24.4 Å². The molecule has 0 radical (unpaired) electrons. The minimum atomic E-state index is -0.844. The van der Waals surface area contributed by atoms with Crippen LogP contribution in [0.4, 0.5) is 9.93 Å². The van der Waals surface area contributed by atoms with Crippen LogP contribution in [0.25, 0.3) is 11.1 Å². The van der Waals surface area contributed by atoms with E-state index in [4.69, 9.17) is 4.74 Å². The Bertz CT molecular complexity index is 1290. The Kier molecular flexibility index (Phi) is 4.70. The van der Waals surface area contributed by atoms with Crippen molar-refractivity contribution in [2.75, 3.05) is 25.0 Å². The third kappa shape index (κ3) is 3.27. The van der Waals surface area contributed by atoms with E-state index in [9.17, 15) is 19.5 Å². The summed E-state index contributed by atoms with van der Waals surface area (Å²) in [6, 6.07) is 16.2. The molecule has 2 unspecified atom stereocenters. The van der Waals surface area contributed by atoms with Crippen LogP contribution >= 0.6 is 11.3 Å². The van der Waals surface area contributed by atoms with Crippen molar-refractivity contribution < 1.29 is 24.2 Å². The summed E-state index contributed by atoms with van der Waals surface area (Å²) in [6.45, 7) is 0.819. The van der Waals surface area contributed by atoms with Gasteiger partial charge in [-0.05, 0) is 34.6 Å². The van der Waals surface area contributed by atoms with Gasteiger partial charge in [-0.25, -0.2) is 9.78 Å². The molecule has 3 aliphatic rings. The Labute approximate surface area is 199 Å². The van der Waals surface area contributed by atoms with Crippen LogP contribution in [-0.4, -0.2) is 52.7 Å². The number of benzene rings is 2. The van der Waals surface area contributed by atoms with Gasteiger partial charge in [0.05, 0.1) is 5.41 Å². The molecule has 1 aromatic heterocycles. The molecule has 2 aromatic carbocycles. The van der Waals surface area contributed by atoms with Crippen LogP contribution in [0, 0.1) is 11.3 Å². The average molecular weight is 476 g/mol. The fourth-order valence-electron chi connectivity index (χ4n) is 5.28. The lowest BCUT2D eigenvalue weighted by Crippen LogP contribution is -2.34. The lowest BCUT2D eigenvalue weighted by atomic mass is 9.98. The second-order valence-electron chi connectivity index (χ2n) is 9.04. The molecule has 3 aromatic rings. The summed E-state index contributed by atoms with van der Waals surface area (Å²) in [6.07, 6.45) is -0.0138.